The Morgan fingerprint density at radius 1 is 0.933 bits per heavy atom. The van der Waals surface area contributed by atoms with Crippen LogP contribution in [0, 0.1) is 17.8 Å². The summed E-state index contributed by atoms with van der Waals surface area (Å²) in [5.74, 6) is 2.08. The SMILES string of the molecule is CC(C)Cc1ccc(CCC2=CCC=C3C=CC(=O)CC(C4CCCC4)C3=C2)cc1. The molecule has 1 saturated carbocycles. The van der Waals surface area contributed by atoms with Crippen LogP contribution >= 0.6 is 0 Å². The fourth-order valence-electron chi connectivity index (χ4n) is 5.42. The normalized spacial score (nSPS) is 22.3. The molecule has 0 bridgehead atoms. The number of hydrogen-bond donors (Lipinski definition) is 0. The standard InChI is InChI=1S/C29H36O/c1-21(2)18-24-14-11-22(12-15-24)10-13-23-6-5-9-26-16-17-27(30)20-29(28(26)19-23)25-7-3-4-8-25/h6,9,11-12,14-17,19,21,25,29H,3-5,7-8,10,13,18,20H2,1-2H3. The van der Waals surface area contributed by atoms with Crippen LogP contribution in [0.1, 0.15) is 69.9 Å². The third-order valence-electron chi connectivity index (χ3n) is 7.00. The molecule has 1 unspecified atom stereocenters. The highest BCUT2D eigenvalue weighted by molar-refractivity contribution is 5.91. The van der Waals surface area contributed by atoms with Gasteiger partial charge in [0, 0.05) is 6.42 Å². The van der Waals surface area contributed by atoms with Crippen LogP contribution in [0.25, 0.3) is 0 Å². The first-order chi connectivity index (χ1) is 14.6. The summed E-state index contributed by atoms with van der Waals surface area (Å²) >= 11 is 0. The molecular formula is C29H36O. The van der Waals surface area contributed by atoms with Crippen LogP contribution < -0.4 is 0 Å². The van der Waals surface area contributed by atoms with E-state index >= 15 is 0 Å². The fourth-order valence-corrected chi connectivity index (χ4v) is 5.42. The highest BCUT2D eigenvalue weighted by Gasteiger charge is 2.32. The molecular weight excluding hydrogens is 364 g/mol. The Hall–Kier alpha value is -2.15. The van der Waals surface area contributed by atoms with Gasteiger partial charge < -0.3 is 0 Å². The third kappa shape index (κ3) is 5.31. The molecule has 0 radical (unpaired) electrons. The van der Waals surface area contributed by atoms with Gasteiger partial charge in [-0.25, -0.2) is 0 Å². The van der Waals surface area contributed by atoms with Crippen LogP contribution in [0.2, 0.25) is 0 Å². The van der Waals surface area contributed by atoms with Gasteiger partial charge in [-0.1, -0.05) is 80.8 Å². The molecule has 158 valence electrons. The predicted octanol–water partition coefficient (Wildman–Crippen LogP) is 7.34. The second-order valence-corrected chi connectivity index (χ2v) is 9.84. The molecule has 0 N–H and O–H groups in total. The lowest BCUT2D eigenvalue weighted by Crippen LogP contribution is -2.17. The van der Waals surface area contributed by atoms with Crippen molar-refractivity contribution in [2.75, 3.05) is 0 Å². The first kappa shape index (κ1) is 21.1. The fraction of sp³-hybridized carbons (Fsp3) is 0.483. The minimum absolute atomic E-state index is 0.300. The maximum absolute atomic E-state index is 12.4. The third-order valence-corrected chi connectivity index (χ3v) is 7.00. The number of fused-ring (bicyclic) bond motifs is 1. The van der Waals surface area contributed by atoms with Crippen molar-refractivity contribution in [2.45, 2.75) is 71.6 Å². The zero-order valence-electron chi connectivity index (χ0n) is 18.7. The van der Waals surface area contributed by atoms with Crippen molar-refractivity contribution in [2.24, 2.45) is 17.8 Å². The number of carbonyl (C=O) groups is 1. The maximum atomic E-state index is 12.4. The molecule has 0 saturated heterocycles. The number of hydrogen-bond acceptors (Lipinski definition) is 1. The van der Waals surface area contributed by atoms with Crippen molar-refractivity contribution in [3.8, 4) is 0 Å². The average Bonchev–Trinajstić information content (AvgIpc) is 3.12. The van der Waals surface area contributed by atoms with Gasteiger partial charge >= 0.3 is 0 Å². The van der Waals surface area contributed by atoms with E-state index in [0.29, 0.717) is 30.0 Å². The predicted molar refractivity (Wildman–Crippen MR) is 126 cm³/mol. The van der Waals surface area contributed by atoms with Gasteiger partial charge in [0.1, 0.15) is 0 Å². The molecule has 1 heteroatoms. The maximum Gasteiger partial charge on any atom is 0.156 e. The lowest BCUT2D eigenvalue weighted by atomic mass is 9.79. The molecule has 4 rings (SSSR count). The molecule has 1 atom stereocenters. The van der Waals surface area contributed by atoms with E-state index in [1.807, 2.05) is 6.08 Å². The zero-order valence-corrected chi connectivity index (χ0v) is 18.7. The summed E-state index contributed by atoms with van der Waals surface area (Å²) in [5.41, 5.74) is 7.02. The molecule has 0 spiro atoms. The van der Waals surface area contributed by atoms with Crippen molar-refractivity contribution in [3.05, 3.63) is 82.5 Å². The Labute approximate surface area is 182 Å². The van der Waals surface area contributed by atoms with E-state index in [1.165, 1.54) is 53.5 Å². The molecule has 1 nitrogen and oxygen atoms in total. The van der Waals surface area contributed by atoms with E-state index < -0.39 is 0 Å². The van der Waals surface area contributed by atoms with Crippen LogP contribution in [0.3, 0.4) is 0 Å². The molecule has 3 aliphatic carbocycles. The number of aryl methyl sites for hydroxylation is 1. The largest absolute Gasteiger partial charge is 0.295 e. The Morgan fingerprint density at radius 2 is 1.67 bits per heavy atom. The summed E-state index contributed by atoms with van der Waals surface area (Å²) in [6.07, 6.45) is 21.2. The van der Waals surface area contributed by atoms with Crippen LogP contribution in [0.5, 0.6) is 0 Å². The Balaban J connectivity index is 1.49. The first-order valence-corrected chi connectivity index (χ1v) is 12.0. The summed E-state index contributed by atoms with van der Waals surface area (Å²) in [6.45, 7) is 4.55. The monoisotopic (exact) mass is 400 g/mol. The average molecular weight is 401 g/mol. The van der Waals surface area contributed by atoms with Gasteiger partial charge in [0.25, 0.3) is 0 Å². The van der Waals surface area contributed by atoms with Crippen LogP contribution in [-0.4, -0.2) is 5.78 Å². The molecule has 0 aromatic heterocycles. The van der Waals surface area contributed by atoms with Gasteiger partial charge in [0.05, 0.1) is 0 Å². The van der Waals surface area contributed by atoms with Crippen molar-refractivity contribution in [1.82, 2.24) is 0 Å². The van der Waals surface area contributed by atoms with Crippen molar-refractivity contribution in [1.29, 1.82) is 0 Å². The summed E-state index contributed by atoms with van der Waals surface area (Å²) in [7, 11) is 0. The number of allylic oxidation sites excluding steroid dienone is 8. The molecule has 1 aromatic rings. The van der Waals surface area contributed by atoms with Crippen LogP contribution in [0.4, 0.5) is 0 Å². The second kappa shape index (κ2) is 9.77. The molecule has 0 amide bonds. The topological polar surface area (TPSA) is 17.1 Å². The summed E-state index contributed by atoms with van der Waals surface area (Å²) in [6, 6.07) is 9.21. The lowest BCUT2D eigenvalue weighted by Gasteiger charge is -2.25. The van der Waals surface area contributed by atoms with E-state index in [0.717, 1.165) is 25.7 Å². The first-order valence-electron chi connectivity index (χ1n) is 12.0. The van der Waals surface area contributed by atoms with E-state index in [4.69, 9.17) is 0 Å². The Bertz CT molecular complexity index is 869. The van der Waals surface area contributed by atoms with Gasteiger partial charge in [0.2, 0.25) is 0 Å². The summed E-state index contributed by atoms with van der Waals surface area (Å²) < 4.78 is 0. The Morgan fingerprint density at radius 3 is 2.40 bits per heavy atom. The highest BCUT2D eigenvalue weighted by Crippen LogP contribution is 2.42. The van der Waals surface area contributed by atoms with E-state index in [9.17, 15) is 4.79 Å². The molecule has 30 heavy (non-hydrogen) atoms. The second-order valence-electron chi connectivity index (χ2n) is 9.84. The van der Waals surface area contributed by atoms with Gasteiger partial charge in [-0.2, -0.15) is 0 Å². The molecule has 1 fully saturated rings. The van der Waals surface area contributed by atoms with Gasteiger partial charge in [-0.05, 0) is 84.6 Å². The van der Waals surface area contributed by atoms with E-state index in [-0.39, 0.29) is 0 Å². The van der Waals surface area contributed by atoms with E-state index in [2.05, 4.69) is 62.4 Å². The van der Waals surface area contributed by atoms with Crippen molar-refractivity contribution in [3.63, 3.8) is 0 Å². The minimum atomic E-state index is 0.300. The number of benzene rings is 1. The van der Waals surface area contributed by atoms with Crippen LogP contribution in [0.15, 0.2) is 71.4 Å². The zero-order chi connectivity index (χ0) is 20.9. The minimum Gasteiger partial charge on any atom is -0.295 e. The van der Waals surface area contributed by atoms with E-state index in [1.54, 1.807) is 0 Å². The quantitative estimate of drug-likeness (QED) is 0.488. The number of rotatable bonds is 6. The Kier molecular flexibility index (Phi) is 6.87. The van der Waals surface area contributed by atoms with Gasteiger partial charge in [-0.15, -0.1) is 0 Å². The summed E-state index contributed by atoms with van der Waals surface area (Å²) in [4.78, 5) is 12.4. The molecule has 1 aromatic carbocycles. The molecule has 0 heterocycles. The number of carbonyl (C=O) groups excluding carboxylic acids is 1. The van der Waals surface area contributed by atoms with Gasteiger partial charge in [0.15, 0.2) is 5.78 Å². The van der Waals surface area contributed by atoms with Crippen molar-refractivity contribution >= 4 is 5.78 Å². The smallest absolute Gasteiger partial charge is 0.156 e. The van der Waals surface area contributed by atoms with Gasteiger partial charge in [-0.3, -0.25) is 4.79 Å². The van der Waals surface area contributed by atoms with Crippen LogP contribution in [-0.2, 0) is 17.6 Å². The van der Waals surface area contributed by atoms with Crippen molar-refractivity contribution < 1.29 is 4.79 Å². The number of ketones is 1. The highest BCUT2D eigenvalue weighted by atomic mass is 16.1. The lowest BCUT2D eigenvalue weighted by molar-refractivity contribution is -0.115. The molecule has 3 aliphatic rings. The summed E-state index contributed by atoms with van der Waals surface area (Å²) in [5, 5.41) is 0. The molecule has 0 aliphatic heterocycles.